The summed E-state index contributed by atoms with van der Waals surface area (Å²) in [5.74, 6) is 2.62. The van der Waals surface area contributed by atoms with E-state index in [0.29, 0.717) is 23.3 Å². The average Bonchev–Trinajstić information content (AvgIpc) is 3.97. The van der Waals surface area contributed by atoms with Crippen LogP contribution in [-0.4, -0.2) is 9.55 Å². The zero-order valence-corrected chi connectivity index (χ0v) is 47.9. The van der Waals surface area contributed by atoms with Crippen molar-refractivity contribution in [3.63, 3.8) is 0 Å². The van der Waals surface area contributed by atoms with Gasteiger partial charge in [-0.25, -0.2) is 4.98 Å². The van der Waals surface area contributed by atoms with Crippen LogP contribution in [0, 0.1) is 18.8 Å². The Labute approximate surface area is 465 Å². The summed E-state index contributed by atoms with van der Waals surface area (Å²) in [4.78, 5) is 9.60. The maximum atomic E-state index is 7.15. The SMILES string of the molecule is CC(C)c1cccc(C(C)C)c1-c1cc(Oc2[c-]c3c(cc2)c2cc(C(C)(C)c4ccccc4)ccc2n3-c2cc(C(C)(C)C)ccn2)[c-]c(N2[CH-]N(c3cccc(C(C)(C)c4ccccc4)c3)c3ccccc32)c1.[Pt]. The van der Waals surface area contributed by atoms with E-state index in [1.54, 1.807) is 0 Å². The first-order chi connectivity index (χ1) is 36.0. The van der Waals surface area contributed by atoms with Gasteiger partial charge in [-0.15, -0.1) is 53.6 Å². The standard InChI is InChI=1S/C70H67N4O.Pt/c1-46(2)58-28-21-29-59(47(3)4)67(58)48-38-55(73-45-72(63-30-18-19-31-64(63)73)54-27-20-26-52(40-54)69(8,9)49-22-14-12-15-23-49)43-57(39-48)75-56-33-34-60-61-41-53(70(10,11)50-24-16-13-17-25-50)32-35-62(61)74(65(60)44-56)66-42-51(36-37-71-66)68(5,6)7;/h12-42,45-47H,1-11H3;/q-3;. The summed E-state index contributed by atoms with van der Waals surface area (Å²) in [6.45, 7) is 27.3. The van der Waals surface area contributed by atoms with Crippen molar-refractivity contribution in [2.45, 2.75) is 104 Å². The molecule has 0 atom stereocenters. The average molecular weight is 1180 g/mol. The van der Waals surface area contributed by atoms with Crippen molar-refractivity contribution in [1.82, 2.24) is 9.55 Å². The van der Waals surface area contributed by atoms with E-state index in [0.717, 1.165) is 55.9 Å². The fourth-order valence-corrected chi connectivity index (χ4v) is 11.1. The van der Waals surface area contributed by atoms with Crippen molar-refractivity contribution in [3.05, 3.63) is 246 Å². The van der Waals surface area contributed by atoms with Crippen LogP contribution in [0.3, 0.4) is 0 Å². The summed E-state index contributed by atoms with van der Waals surface area (Å²) in [6.07, 6.45) is 1.93. The summed E-state index contributed by atoms with van der Waals surface area (Å²) in [5.41, 5.74) is 16.7. The van der Waals surface area contributed by atoms with E-state index in [1.807, 2.05) is 6.20 Å². The zero-order chi connectivity index (χ0) is 52.4. The van der Waals surface area contributed by atoms with E-state index in [1.165, 1.54) is 44.5 Å². The molecule has 8 aromatic carbocycles. The van der Waals surface area contributed by atoms with Crippen LogP contribution in [0.15, 0.2) is 188 Å². The van der Waals surface area contributed by atoms with E-state index in [-0.39, 0.29) is 37.3 Å². The molecule has 0 saturated carbocycles. The Hall–Kier alpha value is -7.20. The van der Waals surface area contributed by atoms with Crippen LogP contribution in [-0.2, 0) is 37.3 Å². The number of pyridine rings is 1. The van der Waals surface area contributed by atoms with Crippen molar-refractivity contribution >= 4 is 44.6 Å². The number of anilines is 4. The second-order valence-electron chi connectivity index (χ2n) is 23.0. The Morgan fingerprint density at radius 2 is 1.09 bits per heavy atom. The molecule has 0 fully saturated rings. The molecule has 6 heteroatoms. The Bertz CT molecular complexity index is 3710. The number of fused-ring (bicyclic) bond motifs is 4. The molecule has 10 aromatic rings. The van der Waals surface area contributed by atoms with Crippen LogP contribution in [0.5, 0.6) is 11.5 Å². The maximum Gasteiger partial charge on any atom is 0.135 e. The number of rotatable bonds is 12. The van der Waals surface area contributed by atoms with E-state index >= 15 is 0 Å². The largest absolute Gasteiger partial charge is 0.509 e. The van der Waals surface area contributed by atoms with Crippen molar-refractivity contribution < 1.29 is 25.8 Å². The Balaban J connectivity index is 0.00000657. The fourth-order valence-electron chi connectivity index (χ4n) is 11.1. The normalized spacial score (nSPS) is 13.0. The van der Waals surface area contributed by atoms with Crippen LogP contribution >= 0.6 is 0 Å². The van der Waals surface area contributed by atoms with Gasteiger partial charge in [0.1, 0.15) is 5.82 Å². The number of ether oxygens (including phenoxy) is 1. The number of nitrogens with zero attached hydrogens (tertiary/aromatic N) is 4. The molecule has 0 bridgehead atoms. The third-order valence-electron chi connectivity index (χ3n) is 15.7. The first-order valence-electron chi connectivity index (χ1n) is 26.6. The predicted molar refractivity (Wildman–Crippen MR) is 314 cm³/mol. The molecule has 3 heterocycles. The van der Waals surface area contributed by atoms with Crippen molar-refractivity contribution in [1.29, 1.82) is 0 Å². The first-order valence-corrected chi connectivity index (χ1v) is 26.6. The van der Waals surface area contributed by atoms with Gasteiger partial charge in [0, 0.05) is 72.2 Å². The Morgan fingerprint density at radius 3 is 1.72 bits per heavy atom. The maximum absolute atomic E-state index is 7.15. The molecule has 2 aromatic heterocycles. The molecular weight excluding hydrogens is 1110 g/mol. The number of para-hydroxylation sites is 2. The smallest absolute Gasteiger partial charge is 0.135 e. The van der Waals surface area contributed by atoms with Crippen molar-refractivity contribution in [3.8, 4) is 28.4 Å². The first kappa shape index (κ1) is 52.2. The van der Waals surface area contributed by atoms with Crippen LogP contribution in [0.1, 0.15) is 127 Å². The quantitative estimate of drug-likeness (QED) is 0.114. The van der Waals surface area contributed by atoms with Crippen LogP contribution < -0.4 is 14.5 Å². The monoisotopic (exact) mass is 1170 g/mol. The van der Waals surface area contributed by atoms with E-state index in [4.69, 9.17) is 9.72 Å². The molecular formula is C70H67N4OPt-3. The number of aromatic nitrogens is 2. The van der Waals surface area contributed by atoms with Gasteiger partial charge in [0.2, 0.25) is 0 Å². The number of hydrogen-bond donors (Lipinski definition) is 0. The molecule has 76 heavy (non-hydrogen) atoms. The van der Waals surface area contributed by atoms with Crippen LogP contribution in [0.25, 0.3) is 38.8 Å². The van der Waals surface area contributed by atoms with Gasteiger partial charge >= 0.3 is 0 Å². The van der Waals surface area contributed by atoms with Gasteiger partial charge in [-0.2, -0.15) is 6.07 Å². The minimum Gasteiger partial charge on any atom is -0.509 e. The van der Waals surface area contributed by atoms with E-state index in [9.17, 15) is 0 Å². The molecule has 0 radical (unpaired) electrons. The molecule has 0 N–H and O–H groups in total. The fraction of sp³-hybridized carbons (Fsp3) is 0.229. The molecule has 1 aliphatic rings. The molecule has 0 spiro atoms. The third kappa shape index (κ3) is 9.57. The molecule has 0 aliphatic carbocycles. The van der Waals surface area contributed by atoms with Gasteiger partial charge < -0.3 is 19.1 Å². The zero-order valence-electron chi connectivity index (χ0n) is 45.6. The number of benzene rings is 8. The van der Waals surface area contributed by atoms with E-state index < -0.39 is 0 Å². The molecule has 5 nitrogen and oxygen atoms in total. The van der Waals surface area contributed by atoms with E-state index in [2.05, 4.69) is 291 Å². The Morgan fingerprint density at radius 1 is 0.500 bits per heavy atom. The van der Waals surface area contributed by atoms with Gasteiger partial charge in [-0.3, -0.25) is 0 Å². The minimum absolute atomic E-state index is 0. The molecule has 11 rings (SSSR count). The molecule has 386 valence electrons. The van der Waals surface area contributed by atoms with Gasteiger partial charge in [-0.1, -0.05) is 197 Å². The van der Waals surface area contributed by atoms with Crippen LogP contribution in [0.2, 0.25) is 0 Å². The molecule has 1 aliphatic heterocycles. The van der Waals surface area contributed by atoms with Gasteiger partial charge in [0.05, 0.1) is 0 Å². The summed E-state index contributed by atoms with van der Waals surface area (Å²) in [5, 5.41) is 2.22. The van der Waals surface area contributed by atoms with Crippen molar-refractivity contribution in [2.75, 3.05) is 9.80 Å². The topological polar surface area (TPSA) is 33.5 Å². The minimum atomic E-state index is -0.225. The Kier molecular flexibility index (Phi) is 14.0. The molecule has 0 unspecified atom stereocenters. The summed E-state index contributed by atoms with van der Waals surface area (Å²) < 4.78 is 9.40. The van der Waals surface area contributed by atoms with Gasteiger partial charge in [0.25, 0.3) is 0 Å². The summed E-state index contributed by atoms with van der Waals surface area (Å²) >= 11 is 0. The third-order valence-corrected chi connectivity index (χ3v) is 15.7. The second-order valence-corrected chi connectivity index (χ2v) is 23.0. The predicted octanol–water partition coefficient (Wildman–Crippen LogP) is 18.8. The van der Waals surface area contributed by atoms with Gasteiger partial charge in [0.15, 0.2) is 0 Å². The molecule has 0 amide bonds. The second kappa shape index (κ2) is 20.4. The summed E-state index contributed by atoms with van der Waals surface area (Å²) in [7, 11) is 0. The number of hydrogen-bond acceptors (Lipinski definition) is 4. The van der Waals surface area contributed by atoms with Crippen molar-refractivity contribution in [2.24, 2.45) is 0 Å². The van der Waals surface area contributed by atoms with Crippen LogP contribution in [0.4, 0.5) is 22.7 Å². The summed E-state index contributed by atoms with van der Waals surface area (Å²) in [6, 6.07) is 73.5. The van der Waals surface area contributed by atoms with Gasteiger partial charge in [-0.05, 0) is 110 Å². The molecule has 0 saturated heterocycles.